The fourth-order valence-corrected chi connectivity index (χ4v) is 1.38. The van der Waals surface area contributed by atoms with Crippen LogP contribution in [0.3, 0.4) is 0 Å². The first-order chi connectivity index (χ1) is 5.70. The molecule has 0 aliphatic heterocycles. The lowest BCUT2D eigenvalue weighted by molar-refractivity contribution is 0.753. The van der Waals surface area contributed by atoms with Gasteiger partial charge in [0.25, 0.3) is 0 Å². The second-order valence-electron chi connectivity index (χ2n) is 2.75. The van der Waals surface area contributed by atoms with Crippen molar-refractivity contribution in [2.45, 2.75) is 0 Å². The van der Waals surface area contributed by atoms with Crippen molar-refractivity contribution in [2.75, 3.05) is 19.1 Å². The summed E-state index contributed by atoms with van der Waals surface area (Å²) in [4.78, 5) is 0. The van der Waals surface area contributed by atoms with E-state index in [0.717, 1.165) is 5.65 Å². The Morgan fingerprint density at radius 2 is 2.25 bits per heavy atom. The largest absolute Gasteiger partial charge is 0.316 e. The number of fused-ring (bicyclic) bond motifs is 1. The molecule has 0 N–H and O–H groups in total. The van der Waals surface area contributed by atoms with E-state index in [1.54, 1.807) is 10.8 Å². The van der Waals surface area contributed by atoms with E-state index in [2.05, 4.69) is 5.10 Å². The third-order valence-electron chi connectivity index (χ3n) is 1.73. The van der Waals surface area contributed by atoms with Gasteiger partial charge in [0, 0.05) is 20.3 Å². The lowest BCUT2D eigenvalue weighted by Gasteiger charge is -2.12. The highest BCUT2D eigenvalue weighted by molar-refractivity contribution is 6.33. The van der Waals surface area contributed by atoms with Crippen LogP contribution in [0.4, 0.5) is 0 Å². The third kappa shape index (κ3) is 0.881. The zero-order valence-corrected chi connectivity index (χ0v) is 7.65. The summed E-state index contributed by atoms with van der Waals surface area (Å²) in [6.07, 6.45) is 3.55. The van der Waals surface area contributed by atoms with E-state index in [1.165, 1.54) is 0 Å². The topological polar surface area (TPSA) is 25.5 Å². The van der Waals surface area contributed by atoms with Gasteiger partial charge in [-0.25, -0.2) is 9.19 Å². The molecule has 0 radical (unpaired) electrons. The van der Waals surface area contributed by atoms with Crippen molar-refractivity contribution in [1.82, 2.24) is 14.3 Å². The molecule has 2 heterocycles. The Kier molecular flexibility index (Phi) is 1.51. The molecular formula is C7H9ClN4. The predicted molar refractivity (Wildman–Crippen MR) is 48.3 cm³/mol. The zero-order valence-electron chi connectivity index (χ0n) is 6.90. The van der Waals surface area contributed by atoms with Crippen LogP contribution in [0.2, 0.25) is 5.02 Å². The van der Waals surface area contributed by atoms with Crippen LogP contribution in [-0.4, -0.2) is 28.4 Å². The lowest BCUT2D eigenvalue weighted by Crippen LogP contribution is -2.23. The molecule has 0 unspecified atom stereocenters. The molecule has 0 amide bonds. The first-order valence-electron chi connectivity index (χ1n) is 3.58. The Labute approximate surface area is 74.9 Å². The monoisotopic (exact) mass is 184 g/mol. The second-order valence-corrected chi connectivity index (χ2v) is 3.16. The van der Waals surface area contributed by atoms with Crippen molar-refractivity contribution in [3.05, 3.63) is 23.6 Å². The summed E-state index contributed by atoms with van der Waals surface area (Å²) in [5.74, 6) is 0. The molecular weight excluding hydrogens is 176 g/mol. The lowest BCUT2D eigenvalue weighted by atomic mass is 10.6. The molecule has 0 saturated carbocycles. The van der Waals surface area contributed by atoms with Crippen LogP contribution < -0.4 is 5.01 Å². The van der Waals surface area contributed by atoms with Crippen LogP contribution in [0.25, 0.3) is 5.65 Å². The van der Waals surface area contributed by atoms with Gasteiger partial charge in [-0.15, -0.1) is 0 Å². The highest BCUT2D eigenvalue weighted by Crippen LogP contribution is 2.17. The Morgan fingerprint density at radius 3 is 2.92 bits per heavy atom. The number of halogens is 1. The van der Waals surface area contributed by atoms with Crippen molar-refractivity contribution in [3.63, 3.8) is 0 Å². The molecule has 0 atom stereocenters. The molecule has 2 aromatic rings. The van der Waals surface area contributed by atoms with E-state index >= 15 is 0 Å². The minimum absolute atomic E-state index is 0.709. The molecule has 0 bridgehead atoms. The van der Waals surface area contributed by atoms with E-state index in [0.29, 0.717) is 5.02 Å². The van der Waals surface area contributed by atoms with Crippen LogP contribution in [0.5, 0.6) is 0 Å². The quantitative estimate of drug-likeness (QED) is 0.661. The smallest absolute Gasteiger partial charge is 0.173 e. The van der Waals surface area contributed by atoms with Gasteiger partial charge in [0.05, 0.1) is 5.02 Å². The number of hydrogen-bond acceptors (Lipinski definition) is 2. The summed E-state index contributed by atoms with van der Waals surface area (Å²) in [5.41, 5.74) is 0.890. The van der Waals surface area contributed by atoms with Gasteiger partial charge < -0.3 is 5.01 Å². The fourth-order valence-electron chi connectivity index (χ4n) is 1.15. The van der Waals surface area contributed by atoms with Gasteiger partial charge in [-0.1, -0.05) is 11.6 Å². The first kappa shape index (κ1) is 7.49. The zero-order chi connectivity index (χ0) is 8.72. The Bertz CT molecular complexity index is 400. The van der Waals surface area contributed by atoms with E-state index in [4.69, 9.17) is 11.6 Å². The van der Waals surface area contributed by atoms with E-state index in [-0.39, 0.29) is 0 Å². The normalized spacial score (nSPS) is 10.9. The molecule has 0 aliphatic rings. The molecule has 4 nitrogen and oxygen atoms in total. The molecule has 0 spiro atoms. The van der Waals surface area contributed by atoms with Gasteiger partial charge in [0.1, 0.15) is 6.33 Å². The Hall–Kier alpha value is -1.16. The van der Waals surface area contributed by atoms with Crippen molar-refractivity contribution in [3.8, 4) is 0 Å². The third-order valence-corrected chi connectivity index (χ3v) is 2.02. The van der Waals surface area contributed by atoms with Crippen molar-refractivity contribution in [1.29, 1.82) is 0 Å². The van der Waals surface area contributed by atoms with E-state index in [1.807, 2.05) is 36.0 Å². The summed E-state index contributed by atoms with van der Waals surface area (Å²) >= 11 is 5.95. The summed E-state index contributed by atoms with van der Waals surface area (Å²) in [6, 6.07) is 1.82. The number of aromatic nitrogens is 3. The highest BCUT2D eigenvalue weighted by atomic mass is 35.5. The second kappa shape index (κ2) is 2.42. The number of nitrogens with zero attached hydrogens (tertiary/aromatic N) is 4. The molecule has 2 aromatic heterocycles. The summed E-state index contributed by atoms with van der Waals surface area (Å²) in [5, 5.41) is 6.73. The fraction of sp³-hybridized carbons (Fsp3) is 0.286. The Balaban J connectivity index is 2.75. The number of hydrogen-bond donors (Lipinski definition) is 0. The van der Waals surface area contributed by atoms with Crippen LogP contribution in [-0.2, 0) is 0 Å². The average Bonchev–Trinajstić information content (AvgIpc) is 2.53. The molecule has 0 aromatic carbocycles. The van der Waals surface area contributed by atoms with Gasteiger partial charge in [-0.05, 0) is 6.07 Å². The van der Waals surface area contributed by atoms with Gasteiger partial charge >= 0.3 is 0 Å². The molecule has 0 saturated heterocycles. The maximum absolute atomic E-state index is 5.95. The summed E-state index contributed by atoms with van der Waals surface area (Å²) in [7, 11) is 3.87. The Morgan fingerprint density at radius 1 is 1.50 bits per heavy atom. The van der Waals surface area contributed by atoms with Crippen LogP contribution >= 0.6 is 11.6 Å². The van der Waals surface area contributed by atoms with Crippen LogP contribution in [0, 0.1) is 0 Å². The molecule has 2 rings (SSSR count). The van der Waals surface area contributed by atoms with Gasteiger partial charge in [0.2, 0.25) is 0 Å². The molecule has 64 valence electrons. The van der Waals surface area contributed by atoms with Crippen molar-refractivity contribution < 1.29 is 0 Å². The van der Waals surface area contributed by atoms with Crippen LogP contribution in [0.15, 0.2) is 18.6 Å². The predicted octanol–water partition coefficient (Wildman–Crippen LogP) is 0.987. The first-order valence-corrected chi connectivity index (χ1v) is 3.96. The maximum atomic E-state index is 5.95. The molecule has 0 fully saturated rings. The standard InChI is InChI=1S/C7H9ClN4/c1-10(2)12-5-9-11-4-3-6(8)7(11)12/h3-5H,1-2H3. The number of rotatable bonds is 1. The summed E-state index contributed by atoms with van der Waals surface area (Å²) in [6.45, 7) is 0. The average molecular weight is 185 g/mol. The molecule has 12 heavy (non-hydrogen) atoms. The van der Waals surface area contributed by atoms with Crippen molar-refractivity contribution >= 4 is 17.2 Å². The summed E-state index contributed by atoms with van der Waals surface area (Å²) < 4.78 is 3.62. The van der Waals surface area contributed by atoms with E-state index in [9.17, 15) is 0 Å². The maximum Gasteiger partial charge on any atom is 0.173 e. The van der Waals surface area contributed by atoms with Gasteiger partial charge in [-0.3, -0.25) is 0 Å². The van der Waals surface area contributed by atoms with Crippen LogP contribution in [0.1, 0.15) is 0 Å². The minimum Gasteiger partial charge on any atom is -0.316 e. The SMILES string of the molecule is CN(C)n1cnn2ccc(Cl)c12. The highest BCUT2D eigenvalue weighted by Gasteiger charge is 2.07. The van der Waals surface area contributed by atoms with Gasteiger partial charge in [-0.2, -0.15) is 5.10 Å². The molecule has 5 heteroatoms. The van der Waals surface area contributed by atoms with Crippen molar-refractivity contribution in [2.24, 2.45) is 0 Å². The van der Waals surface area contributed by atoms with E-state index < -0.39 is 0 Å². The molecule has 0 aliphatic carbocycles. The minimum atomic E-state index is 0.709. The van der Waals surface area contributed by atoms with Gasteiger partial charge in [0.15, 0.2) is 5.65 Å².